The van der Waals surface area contributed by atoms with Crippen molar-refractivity contribution in [3.05, 3.63) is 58.6 Å². The Morgan fingerprint density at radius 3 is 2.69 bits per heavy atom. The van der Waals surface area contributed by atoms with Crippen LogP contribution < -0.4 is 16.7 Å². The van der Waals surface area contributed by atoms with Crippen LogP contribution in [0, 0.1) is 5.92 Å². The molecule has 1 amide bonds. The highest BCUT2D eigenvalue weighted by Crippen LogP contribution is 2.20. The summed E-state index contributed by atoms with van der Waals surface area (Å²) in [6.07, 6.45) is -0.863. The summed E-state index contributed by atoms with van der Waals surface area (Å²) in [5.41, 5.74) is 5.73. The fourth-order valence-electron chi connectivity index (χ4n) is 2.95. The predicted octanol–water partition coefficient (Wildman–Crippen LogP) is 1.19. The van der Waals surface area contributed by atoms with Gasteiger partial charge in [0, 0.05) is 6.20 Å². The molecule has 1 saturated heterocycles. The van der Waals surface area contributed by atoms with Gasteiger partial charge in [-0.15, -0.1) is 0 Å². The maximum absolute atomic E-state index is 12.5. The number of anilines is 1. The highest BCUT2D eigenvalue weighted by molar-refractivity contribution is 5.81. The van der Waals surface area contributed by atoms with E-state index >= 15 is 0 Å². The third-order valence-electron chi connectivity index (χ3n) is 4.66. The van der Waals surface area contributed by atoms with E-state index in [1.807, 2.05) is 30.3 Å². The van der Waals surface area contributed by atoms with Gasteiger partial charge in [0.1, 0.15) is 25.1 Å². The van der Waals surface area contributed by atoms with Gasteiger partial charge < -0.3 is 30.0 Å². The van der Waals surface area contributed by atoms with Crippen molar-refractivity contribution in [3.63, 3.8) is 0 Å². The van der Waals surface area contributed by atoms with Crippen molar-refractivity contribution in [3.8, 4) is 0 Å². The number of carbonyl (C=O) groups is 2. The van der Waals surface area contributed by atoms with E-state index in [0.29, 0.717) is 0 Å². The van der Waals surface area contributed by atoms with E-state index in [4.69, 9.17) is 24.7 Å². The molecule has 1 aromatic carbocycles. The number of benzene rings is 1. The third-order valence-corrected chi connectivity index (χ3v) is 4.66. The maximum Gasteiger partial charge on any atom is 0.408 e. The summed E-state index contributed by atoms with van der Waals surface area (Å²) in [6, 6.07) is 9.73. The Morgan fingerprint density at radius 2 is 2.00 bits per heavy atom. The van der Waals surface area contributed by atoms with E-state index in [9.17, 15) is 14.4 Å². The quantitative estimate of drug-likeness (QED) is 0.571. The van der Waals surface area contributed by atoms with E-state index in [-0.39, 0.29) is 31.6 Å². The Balaban J connectivity index is 1.47. The zero-order valence-corrected chi connectivity index (χ0v) is 17.8. The number of nitrogens with two attached hydrogens (primary N) is 1. The molecule has 3 rings (SSSR count). The van der Waals surface area contributed by atoms with Crippen LogP contribution in [0.5, 0.6) is 0 Å². The Kier molecular flexibility index (Phi) is 7.79. The number of nitrogen functional groups attached to an aromatic ring is 1. The molecule has 32 heavy (non-hydrogen) atoms. The molecular weight excluding hydrogens is 420 g/mol. The molecule has 3 N–H and O–H groups in total. The van der Waals surface area contributed by atoms with Gasteiger partial charge in [0.2, 0.25) is 0 Å². The van der Waals surface area contributed by atoms with E-state index in [1.54, 1.807) is 13.8 Å². The summed E-state index contributed by atoms with van der Waals surface area (Å²) < 4.78 is 22.7. The van der Waals surface area contributed by atoms with Crippen LogP contribution in [0.1, 0.15) is 25.6 Å². The van der Waals surface area contributed by atoms with Crippen LogP contribution in [0.4, 0.5) is 10.6 Å². The van der Waals surface area contributed by atoms with Crippen LogP contribution in [0.25, 0.3) is 0 Å². The lowest BCUT2D eigenvalue weighted by Crippen LogP contribution is -2.46. The van der Waals surface area contributed by atoms with Gasteiger partial charge in [-0.1, -0.05) is 44.2 Å². The first kappa shape index (κ1) is 23.2. The van der Waals surface area contributed by atoms with Gasteiger partial charge in [0.05, 0.1) is 6.61 Å². The molecule has 0 saturated carbocycles. The second-order valence-electron chi connectivity index (χ2n) is 7.45. The number of ether oxygens (including phenoxy) is 4. The normalized spacial score (nSPS) is 18.8. The number of hydrogen-bond acceptors (Lipinski definition) is 9. The molecule has 11 heteroatoms. The van der Waals surface area contributed by atoms with Crippen LogP contribution in [-0.4, -0.2) is 47.2 Å². The predicted molar refractivity (Wildman–Crippen MR) is 112 cm³/mol. The Morgan fingerprint density at radius 1 is 1.25 bits per heavy atom. The maximum atomic E-state index is 12.5. The molecule has 0 spiro atoms. The molecule has 1 fully saturated rings. The Bertz CT molecular complexity index is 980. The summed E-state index contributed by atoms with van der Waals surface area (Å²) in [5.74, 6) is -0.798. The van der Waals surface area contributed by atoms with Gasteiger partial charge in [0.25, 0.3) is 0 Å². The summed E-state index contributed by atoms with van der Waals surface area (Å²) in [5, 5.41) is 2.53. The van der Waals surface area contributed by atoms with Crippen LogP contribution >= 0.6 is 0 Å². The number of esters is 1. The zero-order chi connectivity index (χ0) is 23.1. The first-order valence-corrected chi connectivity index (χ1v) is 10.1. The number of amides is 1. The van der Waals surface area contributed by atoms with Gasteiger partial charge in [-0.05, 0) is 17.5 Å². The SMILES string of the molecule is CC(C)[C@H](NC(=O)OCc1ccccc1)C(=O)OC[C@H]1OC[C@@H](n2ccc(N)nc2=O)O1. The van der Waals surface area contributed by atoms with Crippen LogP contribution in [0.3, 0.4) is 0 Å². The number of carbonyl (C=O) groups excluding carboxylic acids is 2. The number of aromatic nitrogens is 2. The molecule has 1 aliphatic heterocycles. The van der Waals surface area contributed by atoms with Gasteiger partial charge >= 0.3 is 17.8 Å². The molecule has 2 heterocycles. The number of hydrogen-bond donors (Lipinski definition) is 2. The number of nitrogens with one attached hydrogen (secondary N) is 1. The average Bonchev–Trinajstić information content (AvgIpc) is 3.23. The van der Waals surface area contributed by atoms with Gasteiger partial charge in [-0.25, -0.2) is 14.4 Å². The molecule has 1 aromatic heterocycles. The standard InChI is InChI=1S/C21H26N4O7/c1-13(2)18(24-21(28)31-10-14-6-4-3-5-7-14)19(26)30-12-17-29-11-16(32-17)25-9-8-15(22)23-20(25)27/h3-9,13,16-18H,10-12H2,1-2H3,(H,24,28)(H2,22,23,27)/t16-,17-,18-/m0/s1. The molecular formula is C21H26N4O7. The molecule has 11 nitrogen and oxygen atoms in total. The number of alkyl carbamates (subject to hydrolysis) is 1. The fourth-order valence-corrected chi connectivity index (χ4v) is 2.95. The second kappa shape index (κ2) is 10.7. The van der Waals surface area contributed by atoms with E-state index in [0.717, 1.165) is 5.56 Å². The lowest BCUT2D eigenvalue weighted by atomic mass is 10.1. The van der Waals surface area contributed by atoms with Crippen LogP contribution in [0.15, 0.2) is 47.4 Å². The summed E-state index contributed by atoms with van der Waals surface area (Å²) in [4.78, 5) is 40.2. The van der Waals surface area contributed by atoms with Crippen LogP contribution in [0.2, 0.25) is 0 Å². The fraction of sp³-hybridized carbons (Fsp3) is 0.429. The second-order valence-corrected chi connectivity index (χ2v) is 7.45. The molecule has 172 valence electrons. The Labute approximate surface area is 184 Å². The van der Waals surface area contributed by atoms with Crippen molar-refractivity contribution in [2.45, 2.75) is 39.0 Å². The molecule has 0 radical (unpaired) electrons. The van der Waals surface area contributed by atoms with Crippen molar-refractivity contribution in [2.75, 3.05) is 18.9 Å². The molecule has 3 atom stereocenters. The summed E-state index contributed by atoms with van der Waals surface area (Å²) in [7, 11) is 0. The molecule has 0 aliphatic carbocycles. The van der Waals surface area contributed by atoms with Gasteiger partial charge in [-0.3, -0.25) is 4.57 Å². The first-order valence-electron chi connectivity index (χ1n) is 10.1. The van der Waals surface area contributed by atoms with Gasteiger partial charge in [0.15, 0.2) is 12.5 Å². The number of rotatable bonds is 8. The van der Waals surface area contributed by atoms with Crippen LogP contribution in [-0.2, 0) is 30.3 Å². The minimum atomic E-state index is -0.917. The zero-order valence-electron chi connectivity index (χ0n) is 17.8. The third kappa shape index (κ3) is 6.28. The van der Waals surface area contributed by atoms with Gasteiger partial charge in [-0.2, -0.15) is 4.98 Å². The molecule has 0 unspecified atom stereocenters. The monoisotopic (exact) mass is 446 g/mol. The highest BCUT2D eigenvalue weighted by Gasteiger charge is 2.32. The highest BCUT2D eigenvalue weighted by atomic mass is 16.7. The van der Waals surface area contributed by atoms with E-state index in [1.165, 1.54) is 16.8 Å². The lowest BCUT2D eigenvalue weighted by Gasteiger charge is -2.21. The largest absolute Gasteiger partial charge is 0.459 e. The molecule has 1 aliphatic rings. The van der Waals surface area contributed by atoms with Crippen molar-refractivity contribution in [1.82, 2.24) is 14.9 Å². The van der Waals surface area contributed by atoms with Crippen molar-refractivity contribution in [2.24, 2.45) is 5.92 Å². The van der Waals surface area contributed by atoms with Crippen molar-refractivity contribution in [1.29, 1.82) is 0 Å². The topological polar surface area (TPSA) is 144 Å². The minimum absolute atomic E-state index is 0.0748. The summed E-state index contributed by atoms with van der Waals surface area (Å²) in [6.45, 7) is 3.48. The Hall–Kier alpha value is -3.44. The smallest absolute Gasteiger partial charge is 0.408 e. The average molecular weight is 446 g/mol. The summed E-state index contributed by atoms with van der Waals surface area (Å²) >= 11 is 0. The van der Waals surface area contributed by atoms with E-state index < -0.39 is 36.3 Å². The van der Waals surface area contributed by atoms with Crippen molar-refractivity contribution >= 4 is 17.9 Å². The number of nitrogens with zero attached hydrogens (tertiary/aromatic N) is 2. The van der Waals surface area contributed by atoms with E-state index in [2.05, 4.69) is 10.3 Å². The molecule has 2 aromatic rings. The lowest BCUT2D eigenvalue weighted by molar-refractivity contribution is -0.162. The molecule has 0 bridgehead atoms. The first-order chi connectivity index (χ1) is 15.3. The van der Waals surface area contributed by atoms with Crippen molar-refractivity contribution < 1.29 is 28.5 Å². The minimum Gasteiger partial charge on any atom is -0.459 e.